The summed E-state index contributed by atoms with van der Waals surface area (Å²) in [6.45, 7) is 2.11. The van der Waals surface area contributed by atoms with Crippen molar-refractivity contribution in [2.75, 3.05) is 0 Å². The first kappa shape index (κ1) is 12.1. The molecule has 0 radical (unpaired) electrons. The van der Waals surface area contributed by atoms with Crippen LogP contribution in [-0.2, 0) is 17.8 Å². The van der Waals surface area contributed by atoms with Crippen molar-refractivity contribution in [2.24, 2.45) is 0 Å². The lowest BCUT2D eigenvalue weighted by molar-refractivity contribution is -0.136. The minimum Gasteiger partial charge on any atom is -0.484 e. The lowest BCUT2D eigenvalue weighted by Crippen LogP contribution is -1.99. The van der Waals surface area contributed by atoms with Gasteiger partial charge in [-0.1, -0.05) is 17.7 Å². The highest BCUT2D eigenvalue weighted by atomic mass is 16.5. The molecule has 0 bridgehead atoms. The molecule has 6 heteroatoms. The number of hydrogen-bond donors (Lipinski definition) is 1. The zero-order valence-corrected chi connectivity index (χ0v) is 9.79. The number of aryl methyl sites for hydroxylation is 1. The SMILES string of the molecule is Cc1ccc(OCc2nnc(CC(=O)O)o2)cc1. The zero-order valence-electron chi connectivity index (χ0n) is 9.79. The molecule has 2 aromatic rings. The molecule has 0 amide bonds. The Labute approximate surface area is 103 Å². The average Bonchev–Trinajstić information content (AvgIpc) is 2.75. The fraction of sp³-hybridized carbons (Fsp3) is 0.250. The van der Waals surface area contributed by atoms with Gasteiger partial charge < -0.3 is 14.3 Å². The van der Waals surface area contributed by atoms with Gasteiger partial charge in [-0.05, 0) is 19.1 Å². The molecule has 0 saturated carbocycles. The van der Waals surface area contributed by atoms with Crippen molar-refractivity contribution in [3.05, 3.63) is 41.6 Å². The largest absolute Gasteiger partial charge is 0.484 e. The molecule has 0 atom stereocenters. The van der Waals surface area contributed by atoms with Gasteiger partial charge in [0.2, 0.25) is 5.89 Å². The first-order valence-corrected chi connectivity index (χ1v) is 5.36. The zero-order chi connectivity index (χ0) is 13.0. The van der Waals surface area contributed by atoms with Gasteiger partial charge in [0, 0.05) is 0 Å². The lowest BCUT2D eigenvalue weighted by atomic mass is 10.2. The van der Waals surface area contributed by atoms with Gasteiger partial charge in [0.1, 0.15) is 12.2 Å². The minimum absolute atomic E-state index is 0.0741. The Balaban J connectivity index is 1.92. The molecule has 2 rings (SSSR count). The topological polar surface area (TPSA) is 85.5 Å². The molecule has 94 valence electrons. The number of ether oxygens (including phenoxy) is 1. The Morgan fingerprint density at radius 3 is 2.61 bits per heavy atom. The molecule has 0 fully saturated rings. The summed E-state index contributed by atoms with van der Waals surface area (Å²) in [5.74, 6) is 0.0140. The second-order valence-electron chi connectivity index (χ2n) is 3.76. The molecular weight excluding hydrogens is 236 g/mol. The van der Waals surface area contributed by atoms with Crippen molar-refractivity contribution < 1.29 is 19.1 Å². The monoisotopic (exact) mass is 248 g/mol. The van der Waals surface area contributed by atoms with Crippen LogP contribution in [0.2, 0.25) is 0 Å². The molecule has 1 aromatic heterocycles. The van der Waals surface area contributed by atoms with E-state index in [1.165, 1.54) is 0 Å². The lowest BCUT2D eigenvalue weighted by Gasteiger charge is -2.02. The third-order valence-corrected chi connectivity index (χ3v) is 2.19. The molecule has 0 unspecified atom stereocenters. The van der Waals surface area contributed by atoms with E-state index in [-0.39, 0.29) is 24.8 Å². The van der Waals surface area contributed by atoms with E-state index in [4.69, 9.17) is 14.3 Å². The molecule has 0 saturated heterocycles. The number of nitrogens with zero attached hydrogens (tertiary/aromatic N) is 2. The molecule has 1 N–H and O–H groups in total. The van der Waals surface area contributed by atoms with E-state index in [2.05, 4.69) is 10.2 Å². The van der Waals surface area contributed by atoms with E-state index in [1.807, 2.05) is 31.2 Å². The summed E-state index contributed by atoms with van der Waals surface area (Å²) in [5, 5.41) is 15.9. The van der Waals surface area contributed by atoms with E-state index in [0.29, 0.717) is 5.75 Å². The number of carbonyl (C=O) groups is 1. The summed E-state index contributed by atoms with van der Waals surface area (Å²) in [6.07, 6.45) is -0.280. The Morgan fingerprint density at radius 2 is 1.94 bits per heavy atom. The minimum atomic E-state index is -1.01. The van der Waals surface area contributed by atoms with Gasteiger partial charge in [-0.3, -0.25) is 4.79 Å². The van der Waals surface area contributed by atoms with Crippen LogP contribution in [0.25, 0.3) is 0 Å². The fourth-order valence-electron chi connectivity index (χ4n) is 1.33. The van der Waals surface area contributed by atoms with Gasteiger partial charge in [0.05, 0.1) is 0 Å². The summed E-state index contributed by atoms with van der Waals surface area (Å²) in [5.41, 5.74) is 1.14. The van der Waals surface area contributed by atoms with Gasteiger partial charge in [-0.25, -0.2) is 0 Å². The highest BCUT2D eigenvalue weighted by molar-refractivity contribution is 5.68. The number of aromatic nitrogens is 2. The van der Waals surface area contributed by atoms with Gasteiger partial charge in [0.25, 0.3) is 5.89 Å². The van der Waals surface area contributed by atoms with Gasteiger partial charge in [-0.2, -0.15) is 0 Å². The highest BCUT2D eigenvalue weighted by Gasteiger charge is 2.10. The molecule has 0 spiro atoms. The highest BCUT2D eigenvalue weighted by Crippen LogP contribution is 2.13. The Bertz CT molecular complexity index is 533. The average molecular weight is 248 g/mol. The van der Waals surface area contributed by atoms with E-state index in [1.54, 1.807) is 0 Å². The van der Waals surface area contributed by atoms with E-state index < -0.39 is 5.97 Å². The molecule has 18 heavy (non-hydrogen) atoms. The quantitative estimate of drug-likeness (QED) is 0.864. The van der Waals surface area contributed by atoms with E-state index in [0.717, 1.165) is 5.56 Å². The third-order valence-electron chi connectivity index (χ3n) is 2.19. The fourth-order valence-corrected chi connectivity index (χ4v) is 1.33. The van der Waals surface area contributed by atoms with Crippen LogP contribution in [0.4, 0.5) is 0 Å². The van der Waals surface area contributed by atoms with Crippen LogP contribution < -0.4 is 4.74 Å². The van der Waals surface area contributed by atoms with Crippen molar-refractivity contribution in [3.8, 4) is 5.75 Å². The summed E-state index contributed by atoms with van der Waals surface area (Å²) in [6, 6.07) is 7.53. The molecular formula is C12H12N2O4. The first-order chi connectivity index (χ1) is 8.63. The van der Waals surface area contributed by atoms with Crippen LogP contribution in [0.15, 0.2) is 28.7 Å². The van der Waals surface area contributed by atoms with Gasteiger partial charge in [-0.15, -0.1) is 10.2 Å². The number of hydrogen-bond acceptors (Lipinski definition) is 5. The van der Waals surface area contributed by atoms with Crippen molar-refractivity contribution in [1.82, 2.24) is 10.2 Å². The predicted molar refractivity (Wildman–Crippen MR) is 61.1 cm³/mol. The molecule has 1 heterocycles. The maximum absolute atomic E-state index is 10.4. The summed E-state index contributed by atoms with van der Waals surface area (Å²) in [4.78, 5) is 10.4. The van der Waals surface area contributed by atoms with Crippen LogP contribution in [0.1, 0.15) is 17.3 Å². The number of carboxylic acids is 1. The van der Waals surface area contributed by atoms with Crippen LogP contribution in [-0.4, -0.2) is 21.3 Å². The smallest absolute Gasteiger partial charge is 0.312 e. The molecule has 0 aliphatic rings. The number of benzene rings is 1. The van der Waals surface area contributed by atoms with E-state index in [9.17, 15) is 4.79 Å². The van der Waals surface area contributed by atoms with E-state index >= 15 is 0 Å². The summed E-state index contributed by atoms with van der Waals surface area (Å²) >= 11 is 0. The standard InChI is InChI=1S/C12H12N2O4/c1-8-2-4-9(5-3-8)17-7-11-14-13-10(18-11)6-12(15)16/h2-5H,6-7H2,1H3,(H,15,16). The number of carboxylic acid groups (broad SMARTS) is 1. The molecule has 0 aliphatic heterocycles. The van der Waals surface area contributed by atoms with Crippen LogP contribution >= 0.6 is 0 Å². The Kier molecular flexibility index (Phi) is 3.57. The molecule has 1 aromatic carbocycles. The van der Waals surface area contributed by atoms with Gasteiger partial charge >= 0.3 is 5.97 Å². The summed E-state index contributed by atoms with van der Waals surface area (Å²) in [7, 11) is 0. The second-order valence-corrected chi connectivity index (χ2v) is 3.76. The maximum atomic E-state index is 10.4. The molecule has 6 nitrogen and oxygen atoms in total. The third kappa shape index (κ3) is 3.31. The van der Waals surface area contributed by atoms with Crippen LogP contribution in [0, 0.1) is 6.92 Å². The van der Waals surface area contributed by atoms with Crippen LogP contribution in [0.3, 0.4) is 0 Å². The van der Waals surface area contributed by atoms with Crippen LogP contribution in [0.5, 0.6) is 5.75 Å². The number of rotatable bonds is 5. The maximum Gasteiger partial charge on any atom is 0.312 e. The van der Waals surface area contributed by atoms with Crippen molar-refractivity contribution in [3.63, 3.8) is 0 Å². The summed E-state index contributed by atoms with van der Waals surface area (Å²) < 4.78 is 10.5. The number of aliphatic carboxylic acids is 1. The molecule has 0 aliphatic carbocycles. The Morgan fingerprint density at radius 1 is 1.28 bits per heavy atom. The second kappa shape index (κ2) is 5.31. The predicted octanol–water partition coefficient (Wildman–Crippen LogP) is 1.58. The first-order valence-electron chi connectivity index (χ1n) is 5.36. The van der Waals surface area contributed by atoms with Crippen molar-refractivity contribution in [2.45, 2.75) is 20.0 Å². The Hall–Kier alpha value is -2.37. The van der Waals surface area contributed by atoms with Gasteiger partial charge in [0.15, 0.2) is 6.61 Å². The normalized spacial score (nSPS) is 10.3. The van der Waals surface area contributed by atoms with Crippen molar-refractivity contribution in [1.29, 1.82) is 0 Å². The van der Waals surface area contributed by atoms with Crippen molar-refractivity contribution >= 4 is 5.97 Å².